The fraction of sp³-hybridized carbons (Fsp3) is 0.0789. The number of nitrogens with zero attached hydrogens (tertiary/aromatic N) is 5. The van der Waals surface area contributed by atoms with Gasteiger partial charge in [-0.1, -0.05) is 90.6 Å². The van der Waals surface area contributed by atoms with Gasteiger partial charge in [0.05, 0.1) is 0 Å². The maximum absolute atomic E-state index is 4.63. The molecule has 1 atom stereocenters. The number of likely N-dealkylation sites (N-methyl/N-ethyl adjacent to an activating group) is 1. The van der Waals surface area contributed by atoms with Crippen molar-refractivity contribution in [2.24, 2.45) is 0 Å². The molecule has 0 aliphatic carbocycles. The first-order valence-electron chi connectivity index (χ1n) is 14.6. The largest absolute Gasteiger partial charge is 3.00 e. The van der Waals surface area contributed by atoms with Gasteiger partial charge in [-0.25, -0.2) is 0 Å². The quantitative estimate of drug-likeness (QED) is 0.116. The summed E-state index contributed by atoms with van der Waals surface area (Å²) < 4.78 is 2.12. The van der Waals surface area contributed by atoms with Crippen LogP contribution in [-0.2, 0) is 20.1 Å². The fourth-order valence-corrected chi connectivity index (χ4v) is 7.09. The van der Waals surface area contributed by atoms with Gasteiger partial charge < -0.3 is 24.2 Å². The van der Waals surface area contributed by atoms with Crippen LogP contribution >= 0.6 is 0 Å². The van der Waals surface area contributed by atoms with Crippen LogP contribution in [0, 0.1) is 18.9 Å². The Balaban J connectivity index is 0.000000135. The van der Waals surface area contributed by atoms with Crippen molar-refractivity contribution in [2.45, 2.75) is 6.04 Å². The predicted molar refractivity (Wildman–Crippen MR) is 175 cm³/mol. The second-order valence-electron chi connectivity index (χ2n) is 11.3. The van der Waals surface area contributed by atoms with E-state index in [0.717, 1.165) is 23.0 Å². The summed E-state index contributed by atoms with van der Waals surface area (Å²) in [6, 6.07) is 40.1. The Morgan fingerprint density at radius 3 is 2.34 bits per heavy atom. The van der Waals surface area contributed by atoms with Gasteiger partial charge in [0.1, 0.15) is 0 Å². The molecule has 2 aliphatic rings. The van der Waals surface area contributed by atoms with Crippen LogP contribution < -0.4 is 4.90 Å². The molecule has 6 heteroatoms. The van der Waals surface area contributed by atoms with E-state index in [1.54, 1.807) is 0 Å². The van der Waals surface area contributed by atoms with E-state index in [-0.39, 0.29) is 20.1 Å². The van der Waals surface area contributed by atoms with E-state index in [1.165, 1.54) is 54.8 Å². The number of pyridine rings is 2. The van der Waals surface area contributed by atoms with Crippen molar-refractivity contribution in [3.63, 3.8) is 0 Å². The van der Waals surface area contributed by atoms with E-state index in [4.69, 9.17) is 0 Å². The minimum atomic E-state index is 0. The van der Waals surface area contributed by atoms with E-state index in [9.17, 15) is 0 Å². The first-order valence-corrected chi connectivity index (χ1v) is 14.6. The van der Waals surface area contributed by atoms with Gasteiger partial charge in [-0.3, -0.25) is 0 Å². The van der Waals surface area contributed by atoms with Crippen molar-refractivity contribution in [1.82, 2.24) is 19.3 Å². The number of anilines is 1. The molecule has 3 aromatic heterocycles. The average molecular weight is 745 g/mol. The molecule has 0 radical (unpaired) electrons. The van der Waals surface area contributed by atoms with Crippen LogP contribution in [0.15, 0.2) is 116 Å². The van der Waals surface area contributed by atoms with Gasteiger partial charge in [0.25, 0.3) is 0 Å². The molecular formula is C38H26IrN5. The zero-order valence-electron chi connectivity index (χ0n) is 23.9. The van der Waals surface area contributed by atoms with E-state index in [2.05, 4.69) is 141 Å². The molecule has 8 aromatic rings. The normalized spacial score (nSPS) is 15.6. The van der Waals surface area contributed by atoms with Crippen molar-refractivity contribution >= 4 is 54.6 Å². The molecule has 5 heterocycles. The Kier molecular flexibility index (Phi) is 6.46. The van der Waals surface area contributed by atoms with Gasteiger partial charge in [-0.2, -0.15) is 30.9 Å². The zero-order chi connectivity index (χ0) is 28.5. The smallest absolute Gasteiger partial charge is 0.521 e. The summed E-state index contributed by atoms with van der Waals surface area (Å²) >= 11 is 0. The van der Waals surface area contributed by atoms with Gasteiger partial charge in [-0.15, -0.1) is 11.3 Å². The molecule has 1 saturated heterocycles. The molecule has 0 spiro atoms. The van der Waals surface area contributed by atoms with Crippen LogP contribution in [0.1, 0.15) is 11.6 Å². The maximum atomic E-state index is 4.63. The minimum absolute atomic E-state index is 0. The molecule has 212 valence electrons. The van der Waals surface area contributed by atoms with Crippen molar-refractivity contribution in [2.75, 3.05) is 18.5 Å². The van der Waals surface area contributed by atoms with E-state index >= 15 is 0 Å². The van der Waals surface area contributed by atoms with Crippen LogP contribution in [0.25, 0.3) is 60.0 Å². The molecule has 1 fully saturated rings. The number of fused-ring (bicyclic) bond motifs is 17. The SMILES string of the molecule is CN1[CH-]N2c3[c-]cccc3-c3ccccc3C2C1.[Ir+3].[c-]1ncn2c1c1ncccc1c1c3ccccc3c3ccccc3c12. The van der Waals surface area contributed by atoms with Crippen molar-refractivity contribution in [1.29, 1.82) is 0 Å². The Hall–Kier alpha value is -4.61. The molecule has 2 aliphatic heterocycles. The second kappa shape index (κ2) is 10.5. The van der Waals surface area contributed by atoms with Gasteiger partial charge >= 0.3 is 20.1 Å². The average Bonchev–Trinajstić information content (AvgIpc) is 3.72. The molecular weight excluding hydrogens is 719 g/mol. The summed E-state index contributed by atoms with van der Waals surface area (Å²) in [5, 5.41) is 7.34. The molecule has 0 saturated carbocycles. The second-order valence-corrected chi connectivity index (χ2v) is 11.3. The zero-order valence-corrected chi connectivity index (χ0v) is 26.3. The monoisotopic (exact) mass is 745 g/mol. The first kappa shape index (κ1) is 27.0. The third-order valence-electron chi connectivity index (χ3n) is 8.85. The van der Waals surface area contributed by atoms with E-state index < -0.39 is 0 Å². The number of hydrogen-bond acceptors (Lipinski definition) is 4. The third-order valence-corrected chi connectivity index (χ3v) is 8.85. The fourth-order valence-electron chi connectivity index (χ4n) is 7.09. The van der Waals surface area contributed by atoms with Crippen LogP contribution in [0.3, 0.4) is 0 Å². The van der Waals surface area contributed by atoms with Gasteiger partial charge in [-0.05, 0) is 64.1 Å². The number of rotatable bonds is 0. The van der Waals surface area contributed by atoms with E-state index in [0.29, 0.717) is 6.04 Å². The summed E-state index contributed by atoms with van der Waals surface area (Å²) in [4.78, 5) is 13.5. The summed E-state index contributed by atoms with van der Waals surface area (Å²) in [7, 11) is 2.13. The Bertz CT molecular complexity index is 2300. The van der Waals surface area contributed by atoms with Gasteiger partial charge in [0, 0.05) is 28.5 Å². The molecule has 0 N–H and O–H groups in total. The molecule has 44 heavy (non-hydrogen) atoms. The summed E-state index contributed by atoms with van der Waals surface area (Å²) in [6.07, 6.45) is 6.79. The molecule has 1 unspecified atom stereocenters. The first-order chi connectivity index (χ1) is 21.3. The summed E-state index contributed by atoms with van der Waals surface area (Å²) in [6.45, 7) is 3.23. The Morgan fingerprint density at radius 1 is 0.773 bits per heavy atom. The Morgan fingerprint density at radius 2 is 1.48 bits per heavy atom. The number of benzene rings is 5. The van der Waals surface area contributed by atoms with Gasteiger partial charge in [0.2, 0.25) is 0 Å². The van der Waals surface area contributed by atoms with Crippen molar-refractivity contribution < 1.29 is 20.1 Å². The van der Waals surface area contributed by atoms with Gasteiger partial charge in [0.15, 0.2) is 0 Å². The van der Waals surface area contributed by atoms with Crippen LogP contribution in [-0.4, -0.2) is 32.9 Å². The summed E-state index contributed by atoms with van der Waals surface area (Å²) in [5.41, 5.74) is 8.29. The molecule has 10 rings (SSSR count). The topological polar surface area (TPSA) is 36.7 Å². The third kappa shape index (κ3) is 3.92. The van der Waals surface area contributed by atoms with E-state index in [1.807, 2.05) is 24.7 Å². The number of aromatic nitrogens is 3. The summed E-state index contributed by atoms with van der Waals surface area (Å²) in [5.74, 6) is 0. The van der Waals surface area contributed by atoms with Crippen LogP contribution in [0.5, 0.6) is 0 Å². The number of imidazole rings is 1. The number of para-hydroxylation sites is 1. The number of hydrogen-bond donors (Lipinski definition) is 0. The molecule has 0 bridgehead atoms. The molecule has 5 nitrogen and oxygen atoms in total. The van der Waals surface area contributed by atoms with Crippen molar-refractivity contribution in [3.05, 3.63) is 140 Å². The van der Waals surface area contributed by atoms with Crippen LogP contribution in [0.4, 0.5) is 5.69 Å². The Labute approximate surface area is 268 Å². The predicted octanol–water partition coefficient (Wildman–Crippen LogP) is 8.22. The standard InChI is InChI=1S/C22H12N3.C16H14N2.Ir/c1-3-8-16-14(6-1)15-7-2-4-9-17(15)22-20(16)18-10-5-11-24-21(18)19-12-23-13-25(19)22;1-17-10-16-14-8-3-2-6-12(14)13-7-4-5-9-15(13)18(16)11-17;/h1-11,13H;2-8,11,16H,10H2,1H3;/q-1;-2;+3. The molecule has 0 amide bonds. The minimum Gasteiger partial charge on any atom is -0.521 e. The molecule has 5 aromatic carbocycles. The van der Waals surface area contributed by atoms with Crippen molar-refractivity contribution in [3.8, 4) is 11.1 Å². The maximum Gasteiger partial charge on any atom is 3.00 e. The van der Waals surface area contributed by atoms with Crippen LogP contribution in [0.2, 0.25) is 0 Å².